The van der Waals surface area contributed by atoms with E-state index in [9.17, 15) is 0 Å². The predicted octanol–water partition coefficient (Wildman–Crippen LogP) is 1.76. The van der Waals surface area contributed by atoms with E-state index in [0.29, 0.717) is 5.88 Å². The number of hydrogen-bond acceptors (Lipinski definition) is 4. The molecule has 1 aromatic rings. The zero-order chi connectivity index (χ0) is 8.81. The van der Waals surface area contributed by atoms with Crippen molar-refractivity contribution < 1.29 is 4.74 Å². The fourth-order valence-corrected chi connectivity index (χ4v) is 1.19. The summed E-state index contributed by atoms with van der Waals surface area (Å²) in [6, 6.07) is 3.67. The highest BCUT2D eigenvalue weighted by atomic mass is 32.2. The standard InChI is InChI=1S/C8H10N2OS/c1-3-6-12-8-5-4-7(11-2)9-10-8/h3-5H,1,6H2,2H3. The topological polar surface area (TPSA) is 35.0 Å². The minimum Gasteiger partial charge on any atom is -0.480 e. The van der Waals surface area contributed by atoms with Crippen molar-refractivity contribution in [2.45, 2.75) is 5.03 Å². The Hall–Kier alpha value is -1.03. The summed E-state index contributed by atoms with van der Waals surface area (Å²) >= 11 is 1.59. The Labute approximate surface area is 75.8 Å². The molecule has 0 fully saturated rings. The molecule has 0 unspecified atom stereocenters. The second-order valence-electron chi connectivity index (χ2n) is 2.01. The summed E-state index contributed by atoms with van der Waals surface area (Å²) in [5, 5.41) is 8.63. The van der Waals surface area contributed by atoms with E-state index in [1.165, 1.54) is 0 Å². The van der Waals surface area contributed by atoms with Crippen LogP contribution in [0.3, 0.4) is 0 Å². The molecule has 0 saturated carbocycles. The summed E-state index contributed by atoms with van der Waals surface area (Å²) in [4.78, 5) is 0. The molecule has 12 heavy (non-hydrogen) atoms. The van der Waals surface area contributed by atoms with Crippen LogP contribution in [0.4, 0.5) is 0 Å². The van der Waals surface area contributed by atoms with Crippen LogP contribution in [0.1, 0.15) is 0 Å². The molecule has 0 aliphatic carbocycles. The Bertz CT molecular complexity index is 248. The average Bonchev–Trinajstić information content (AvgIpc) is 2.15. The van der Waals surface area contributed by atoms with Crippen molar-refractivity contribution in [1.82, 2.24) is 10.2 Å². The molecule has 0 amide bonds. The Morgan fingerprint density at radius 3 is 2.92 bits per heavy atom. The fraction of sp³-hybridized carbons (Fsp3) is 0.250. The van der Waals surface area contributed by atoms with Crippen molar-refractivity contribution in [3.63, 3.8) is 0 Å². The monoisotopic (exact) mass is 182 g/mol. The molecule has 0 saturated heterocycles. The molecule has 0 radical (unpaired) electrons. The molecule has 1 rings (SSSR count). The fourth-order valence-electron chi connectivity index (χ4n) is 0.638. The van der Waals surface area contributed by atoms with Gasteiger partial charge in [0.25, 0.3) is 0 Å². The van der Waals surface area contributed by atoms with Crippen molar-refractivity contribution >= 4 is 11.8 Å². The highest BCUT2D eigenvalue weighted by Crippen LogP contribution is 2.15. The van der Waals surface area contributed by atoms with Crippen LogP contribution in [0, 0.1) is 0 Å². The molecule has 1 heterocycles. The number of ether oxygens (including phenoxy) is 1. The van der Waals surface area contributed by atoms with Gasteiger partial charge >= 0.3 is 0 Å². The number of hydrogen-bond donors (Lipinski definition) is 0. The zero-order valence-corrected chi connectivity index (χ0v) is 7.67. The van der Waals surface area contributed by atoms with E-state index in [2.05, 4.69) is 16.8 Å². The van der Waals surface area contributed by atoms with Crippen molar-refractivity contribution in [2.24, 2.45) is 0 Å². The third-order valence-electron chi connectivity index (χ3n) is 1.17. The van der Waals surface area contributed by atoms with Gasteiger partial charge in [-0.25, -0.2) is 0 Å². The van der Waals surface area contributed by atoms with Gasteiger partial charge in [0.15, 0.2) is 0 Å². The largest absolute Gasteiger partial charge is 0.480 e. The Kier molecular flexibility index (Phi) is 3.60. The van der Waals surface area contributed by atoms with E-state index in [-0.39, 0.29) is 0 Å². The zero-order valence-electron chi connectivity index (χ0n) is 6.86. The molecule has 64 valence electrons. The van der Waals surface area contributed by atoms with E-state index in [4.69, 9.17) is 4.74 Å². The molecular weight excluding hydrogens is 172 g/mol. The lowest BCUT2D eigenvalue weighted by atomic mass is 10.6. The van der Waals surface area contributed by atoms with Crippen LogP contribution in [0.2, 0.25) is 0 Å². The number of aromatic nitrogens is 2. The van der Waals surface area contributed by atoms with Gasteiger partial charge in [0.05, 0.1) is 7.11 Å². The van der Waals surface area contributed by atoms with Gasteiger partial charge in [0.2, 0.25) is 5.88 Å². The maximum absolute atomic E-state index is 4.87. The van der Waals surface area contributed by atoms with E-state index >= 15 is 0 Å². The van der Waals surface area contributed by atoms with Crippen molar-refractivity contribution in [3.05, 3.63) is 24.8 Å². The Morgan fingerprint density at radius 1 is 1.58 bits per heavy atom. The molecule has 0 aromatic carbocycles. The highest BCUT2D eigenvalue weighted by Gasteiger charge is 1.95. The van der Waals surface area contributed by atoms with Crippen molar-refractivity contribution in [2.75, 3.05) is 12.9 Å². The highest BCUT2D eigenvalue weighted by molar-refractivity contribution is 7.99. The number of thioether (sulfide) groups is 1. The Morgan fingerprint density at radius 2 is 2.42 bits per heavy atom. The van der Waals surface area contributed by atoms with Gasteiger partial charge in [-0.15, -0.1) is 28.5 Å². The van der Waals surface area contributed by atoms with Gasteiger partial charge in [-0.2, -0.15) is 0 Å². The second-order valence-corrected chi connectivity index (χ2v) is 3.05. The lowest BCUT2D eigenvalue weighted by Gasteiger charge is -1.98. The first-order chi connectivity index (χ1) is 5.86. The smallest absolute Gasteiger partial charge is 0.233 e. The van der Waals surface area contributed by atoms with Gasteiger partial charge in [-0.05, 0) is 6.07 Å². The number of nitrogens with zero attached hydrogens (tertiary/aromatic N) is 2. The molecule has 0 atom stereocenters. The van der Waals surface area contributed by atoms with E-state index in [1.54, 1.807) is 24.9 Å². The molecule has 3 nitrogen and oxygen atoms in total. The van der Waals surface area contributed by atoms with Crippen molar-refractivity contribution in [3.8, 4) is 5.88 Å². The van der Waals surface area contributed by atoms with Gasteiger partial charge in [0.1, 0.15) is 5.03 Å². The minimum atomic E-state index is 0.540. The first kappa shape index (κ1) is 9.06. The van der Waals surface area contributed by atoms with Gasteiger partial charge in [-0.3, -0.25) is 0 Å². The van der Waals surface area contributed by atoms with E-state index in [1.807, 2.05) is 12.1 Å². The quantitative estimate of drug-likeness (QED) is 0.525. The maximum Gasteiger partial charge on any atom is 0.233 e. The molecule has 0 spiro atoms. The van der Waals surface area contributed by atoms with Gasteiger partial charge < -0.3 is 4.74 Å². The van der Waals surface area contributed by atoms with Crippen LogP contribution in [0.15, 0.2) is 29.8 Å². The molecule has 0 bridgehead atoms. The summed E-state index contributed by atoms with van der Waals surface area (Å²) in [6.45, 7) is 3.62. The molecule has 0 aliphatic rings. The van der Waals surface area contributed by atoms with Crippen LogP contribution >= 0.6 is 11.8 Å². The predicted molar refractivity (Wildman–Crippen MR) is 49.5 cm³/mol. The number of methoxy groups -OCH3 is 1. The van der Waals surface area contributed by atoms with Crippen LogP contribution in [-0.4, -0.2) is 23.1 Å². The Balaban J connectivity index is 2.58. The maximum atomic E-state index is 4.87. The summed E-state index contributed by atoms with van der Waals surface area (Å²) in [6.07, 6.45) is 1.83. The third-order valence-corrected chi connectivity index (χ3v) is 2.09. The summed E-state index contributed by atoms with van der Waals surface area (Å²) in [5.41, 5.74) is 0. The van der Waals surface area contributed by atoms with Crippen LogP contribution in [0.5, 0.6) is 5.88 Å². The first-order valence-electron chi connectivity index (χ1n) is 3.48. The molecule has 0 aliphatic heterocycles. The summed E-state index contributed by atoms with van der Waals surface area (Å²) in [7, 11) is 1.57. The number of rotatable bonds is 4. The lowest BCUT2D eigenvalue weighted by molar-refractivity contribution is 0.390. The third kappa shape index (κ3) is 2.54. The van der Waals surface area contributed by atoms with Crippen LogP contribution in [-0.2, 0) is 0 Å². The van der Waals surface area contributed by atoms with E-state index in [0.717, 1.165) is 10.8 Å². The second kappa shape index (κ2) is 4.77. The summed E-state index contributed by atoms with van der Waals surface area (Å²) in [5.74, 6) is 1.39. The molecular formula is C8H10N2OS. The van der Waals surface area contributed by atoms with E-state index < -0.39 is 0 Å². The van der Waals surface area contributed by atoms with Crippen LogP contribution in [0.25, 0.3) is 0 Å². The first-order valence-corrected chi connectivity index (χ1v) is 4.47. The SMILES string of the molecule is C=CCSc1ccc(OC)nn1. The molecule has 1 aromatic heterocycles. The van der Waals surface area contributed by atoms with Gasteiger partial charge in [-0.1, -0.05) is 6.08 Å². The van der Waals surface area contributed by atoms with Crippen LogP contribution < -0.4 is 4.74 Å². The summed E-state index contributed by atoms with van der Waals surface area (Å²) < 4.78 is 4.87. The average molecular weight is 182 g/mol. The minimum absolute atomic E-state index is 0.540. The van der Waals surface area contributed by atoms with Crippen molar-refractivity contribution in [1.29, 1.82) is 0 Å². The normalized spacial score (nSPS) is 9.42. The molecule has 0 N–H and O–H groups in total. The molecule has 4 heteroatoms. The van der Waals surface area contributed by atoms with Gasteiger partial charge in [0, 0.05) is 11.8 Å². The lowest BCUT2D eigenvalue weighted by Crippen LogP contribution is -1.90.